The van der Waals surface area contributed by atoms with Crippen molar-refractivity contribution in [2.24, 2.45) is 5.92 Å². The second-order valence-corrected chi connectivity index (χ2v) is 8.74. The van der Waals surface area contributed by atoms with Crippen LogP contribution in [0.5, 0.6) is 0 Å². The second-order valence-electron chi connectivity index (χ2n) is 6.80. The van der Waals surface area contributed by atoms with Crippen LogP contribution in [0.3, 0.4) is 0 Å². The molecule has 1 amide bonds. The fourth-order valence-electron chi connectivity index (χ4n) is 3.28. The summed E-state index contributed by atoms with van der Waals surface area (Å²) in [6, 6.07) is 14.0. The lowest BCUT2D eigenvalue weighted by Crippen LogP contribution is -2.45. The molecule has 0 aliphatic carbocycles. The molecule has 5 nitrogen and oxygen atoms in total. The molecule has 3 rings (SSSR count). The van der Waals surface area contributed by atoms with Gasteiger partial charge >= 0.3 is 0 Å². The number of nitrogens with one attached hydrogen (secondary N) is 1. The van der Waals surface area contributed by atoms with Gasteiger partial charge in [-0.3, -0.25) is 4.79 Å². The third kappa shape index (κ3) is 4.54. The van der Waals surface area contributed by atoms with Crippen LogP contribution in [0.4, 0.5) is 4.39 Å². The van der Waals surface area contributed by atoms with E-state index >= 15 is 0 Å². The average Bonchev–Trinajstić information content (AvgIpc) is 2.69. The van der Waals surface area contributed by atoms with Crippen LogP contribution in [0.2, 0.25) is 0 Å². The van der Waals surface area contributed by atoms with Gasteiger partial charge in [-0.25, -0.2) is 12.8 Å². The quantitative estimate of drug-likeness (QED) is 0.853. The van der Waals surface area contributed by atoms with E-state index < -0.39 is 15.9 Å². The third-order valence-electron chi connectivity index (χ3n) is 4.86. The fourth-order valence-corrected chi connectivity index (χ4v) is 4.83. The summed E-state index contributed by atoms with van der Waals surface area (Å²) in [7, 11) is -3.60. The van der Waals surface area contributed by atoms with Crippen LogP contribution in [-0.4, -0.2) is 31.7 Å². The number of carbonyl (C=O) groups is 1. The molecule has 1 heterocycles. The Morgan fingerprint density at radius 3 is 2.48 bits per heavy atom. The first kappa shape index (κ1) is 19.5. The van der Waals surface area contributed by atoms with E-state index in [1.807, 2.05) is 6.92 Å². The Morgan fingerprint density at radius 2 is 1.81 bits per heavy atom. The fraction of sp³-hybridized carbons (Fsp3) is 0.350. The van der Waals surface area contributed by atoms with E-state index in [1.165, 1.54) is 16.4 Å². The highest BCUT2D eigenvalue weighted by atomic mass is 32.2. The maximum absolute atomic E-state index is 13.0. The summed E-state index contributed by atoms with van der Waals surface area (Å²) < 4.78 is 40.0. The molecule has 0 saturated carbocycles. The van der Waals surface area contributed by atoms with Crippen molar-refractivity contribution in [3.8, 4) is 0 Å². The highest BCUT2D eigenvalue weighted by Gasteiger charge is 2.33. The first-order valence-corrected chi connectivity index (χ1v) is 10.4. The van der Waals surface area contributed by atoms with Gasteiger partial charge < -0.3 is 5.32 Å². The molecule has 0 unspecified atom stereocenters. The van der Waals surface area contributed by atoms with E-state index in [1.54, 1.807) is 42.5 Å². The molecule has 1 N–H and O–H groups in total. The summed E-state index contributed by atoms with van der Waals surface area (Å²) in [5, 5.41) is 2.91. The van der Waals surface area contributed by atoms with Gasteiger partial charge in [0.1, 0.15) is 5.82 Å². The third-order valence-corrected chi connectivity index (χ3v) is 6.74. The summed E-state index contributed by atoms with van der Waals surface area (Å²) in [5.74, 6) is -0.911. The van der Waals surface area contributed by atoms with Crippen molar-refractivity contribution in [1.82, 2.24) is 9.62 Å². The summed E-state index contributed by atoms with van der Waals surface area (Å²) in [5.41, 5.74) is 0.800. The number of benzene rings is 2. The van der Waals surface area contributed by atoms with Gasteiger partial charge in [0.05, 0.1) is 16.9 Å². The normalized spacial score (nSPS) is 19.4. The molecule has 0 bridgehead atoms. The SMILES string of the molecule is C[C@@H](NC(=O)[C@@H]1CCCN(S(=O)(=O)c2ccccc2)C1)c1ccc(F)cc1. The number of nitrogens with zero attached hydrogens (tertiary/aromatic N) is 1. The lowest BCUT2D eigenvalue weighted by Gasteiger charge is -2.32. The summed E-state index contributed by atoms with van der Waals surface area (Å²) in [6.45, 7) is 2.40. The van der Waals surface area contributed by atoms with E-state index in [0.717, 1.165) is 5.56 Å². The number of hydrogen-bond acceptors (Lipinski definition) is 3. The lowest BCUT2D eigenvalue weighted by atomic mass is 9.98. The van der Waals surface area contributed by atoms with Crippen LogP contribution >= 0.6 is 0 Å². The topological polar surface area (TPSA) is 66.5 Å². The van der Waals surface area contributed by atoms with Gasteiger partial charge in [-0.2, -0.15) is 4.31 Å². The number of piperidine rings is 1. The van der Waals surface area contributed by atoms with Crippen LogP contribution < -0.4 is 5.32 Å². The average molecular weight is 390 g/mol. The first-order chi connectivity index (χ1) is 12.9. The van der Waals surface area contributed by atoms with Crippen molar-refractivity contribution in [1.29, 1.82) is 0 Å². The van der Waals surface area contributed by atoms with Crippen molar-refractivity contribution in [2.45, 2.75) is 30.7 Å². The van der Waals surface area contributed by atoms with Crippen LogP contribution in [0.15, 0.2) is 59.5 Å². The molecule has 2 aromatic rings. The largest absolute Gasteiger partial charge is 0.349 e. The predicted octanol–water partition coefficient (Wildman–Crippen LogP) is 3.10. The molecule has 1 aliphatic rings. The molecule has 2 aromatic carbocycles. The Balaban J connectivity index is 1.67. The van der Waals surface area contributed by atoms with Gasteiger partial charge in [-0.05, 0) is 49.6 Å². The van der Waals surface area contributed by atoms with E-state index in [4.69, 9.17) is 0 Å². The standard InChI is InChI=1S/C20H23FN2O3S/c1-15(16-9-11-18(21)12-10-16)22-20(24)17-6-5-13-23(14-17)27(25,26)19-7-3-2-4-8-19/h2-4,7-12,15,17H,5-6,13-14H2,1H3,(H,22,24)/t15-,17-/m1/s1. The number of carbonyl (C=O) groups excluding carboxylic acids is 1. The van der Waals surface area contributed by atoms with Crippen LogP contribution in [0.1, 0.15) is 31.4 Å². The van der Waals surface area contributed by atoms with Gasteiger partial charge in [0, 0.05) is 13.1 Å². The lowest BCUT2D eigenvalue weighted by molar-refractivity contribution is -0.126. The highest BCUT2D eigenvalue weighted by Crippen LogP contribution is 2.24. The zero-order valence-corrected chi connectivity index (χ0v) is 16.0. The zero-order valence-electron chi connectivity index (χ0n) is 15.1. The van der Waals surface area contributed by atoms with Crippen LogP contribution in [0.25, 0.3) is 0 Å². The molecule has 1 aliphatic heterocycles. The number of halogens is 1. The Hall–Kier alpha value is -2.25. The molecular weight excluding hydrogens is 367 g/mol. The smallest absolute Gasteiger partial charge is 0.243 e. The maximum atomic E-state index is 13.0. The molecule has 0 spiro atoms. The minimum atomic E-state index is -3.60. The number of hydrogen-bond donors (Lipinski definition) is 1. The molecule has 27 heavy (non-hydrogen) atoms. The van der Waals surface area contributed by atoms with E-state index in [9.17, 15) is 17.6 Å². The van der Waals surface area contributed by atoms with Gasteiger partial charge in [0.15, 0.2) is 0 Å². The Labute approximate surface area is 159 Å². The van der Waals surface area contributed by atoms with E-state index in [2.05, 4.69) is 5.32 Å². The van der Waals surface area contributed by atoms with Crippen LogP contribution in [-0.2, 0) is 14.8 Å². The van der Waals surface area contributed by atoms with Crippen molar-refractivity contribution < 1.29 is 17.6 Å². The summed E-state index contributed by atoms with van der Waals surface area (Å²) >= 11 is 0. The number of sulfonamides is 1. The molecule has 7 heteroatoms. The highest BCUT2D eigenvalue weighted by molar-refractivity contribution is 7.89. The Kier molecular flexibility index (Phi) is 5.92. The minimum Gasteiger partial charge on any atom is -0.349 e. The minimum absolute atomic E-state index is 0.166. The zero-order chi connectivity index (χ0) is 19.4. The van der Waals surface area contributed by atoms with Crippen molar-refractivity contribution in [3.05, 3.63) is 66.0 Å². The van der Waals surface area contributed by atoms with Crippen molar-refractivity contribution in [3.63, 3.8) is 0 Å². The number of rotatable bonds is 5. The van der Waals surface area contributed by atoms with E-state index in [0.29, 0.717) is 19.4 Å². The monoisotopic (exact) mass is 390 g/mol. The van der Waals surface area contributed by atoms with Crippen molar-refractivity contribution >= 4 is 15.9 Å². The van der Waals surface area contributed by atoms with E-state index in [-0.39, 0.29) is 29.2 Å². The second kappa shape index (κ2) is 8.19. The molecule has 1 fully saturated rings. The Morgan fingerprint density at radius 1 is 1.15 bits per heavy atom. The predicted molar refractivity (Wildman–Crippen MR) is 101 cm³/mol. The molecule has 144 valence electrons. The first-order valence-electron chi connectivity index (χ1n) is 8.99. The molecule has 1 saturated heterocycles. The van der Waals surface area contributed by atoms with Gasteiger partial charge in [-0.15, -0.1) is 0 Å². The Bertz CT molecular complexity index is 885. The summed E-state index contributed by atoms with van der Waals surface area (Å²) in [6.07, 6.45) is 1.28. The molecule has 2 atom stereocenters. The van der Waals surface area contributed by atoms with Crippen LogP contribution in [0, 0.1) is 11.7 Å². The van der Waals surface area contributed by atoms with Crippen molar-refractivity contribution in [2.75, 3.05) is 13.1 Å². The van der Waals surface area contributed by atoms with Gasteiger partial charge in [-0.1, -0.05) is 30.3 Å². The maximum Gasteiger partial charge on any atom is 0.243 e. The number of amides is 1. The van der Waals surface area contributed by atoms with Gasteiger partial charge in [0.25, 0.3) is 0 Å². The molecule has 0 aromatic heterocycles. The van der Waals surface area contributed by atoms with Gasteiger partial charge in [0.2, 0.25) is 15.9 Å². The summed E-state index contributed by atoms with van der Waals surface area (Å²) in [4.78, 5) is 12.9. The molecule has 0 radical (unpaired) electrons. The molecular formula is C20H23FN2O3S.